The Morgan fingerprint density at radius 1 is 1.26 bits per heavy atom. The predicted octanol–water partition coefficient (Wildman–Crippen LogP) is 2.51. The van der Waals surface area contributed by atoms with E-state index in [4.69, 9.17) is 0 Å². The van der Waals surface area contributed by atoms with Gasteiger partial charge in [-0.15, -0.1) is 0 Å². The SMILES string of the molecule is CCCNC(=O)[C@@H]1CCCN(c2nc3ncn(CC(=O)Nc4ccc(F)c(F)c4)c(=O)c3s2)C1. The van der Waals surface area contributed by atoms with Gasteiger partial charge >= 0.3 is 0 Å². The quantitative estimate of drug-likeness (QED) is 0.527. The highest BCUT2D eigenvalue weighted by atomic mass is 32.1. The zero-order chi connectivity index (χ0) is 24.2. The lowest BCUT2D eigenvalue weighted by atomic mass is 9.97. The molecular weight excluding hydrogens is 466 g/mol. The predicted molar refractivity (Wildman–Crippen MR) is 125 cm³/mol. The van der Waals surface area contributed by atoms with E-state index in [-0.39, 0.29) is 29.7 Å². The number of amides is 2. The number of halogens is 2. The Morgan fingerprint density at radius 3 is 2.85 bits per heavy atom. The number of hydrogen-bond acceptors (Lipinski definition) is 7. The van der Waals surface area contributed by atoms with Crippen LogP contribution in [0, 0.1) is 17.6 Å². The molecule has 34 heavy (non-hydrogen) atoms. The van der Waals surface area contributed by atoms with Gasteiger partial charge in [-0.1, -0.05) is 18.3 Å². The monoisotopic (exact) mass is 490 g/mol. The highest BCUT2D eigenvalue weighted by Crippen LogP contribution is 2.29. The summed E-state index contributed by atoms with van der Waals surface area (Å²) in [6.45, 7) is 3.53. The molecule has 2 N–H and O–H groups in total. The van der Waals surface area contributed by atoms with Crippen molar-refractivity contribution in [3.05, 3.63) is 46.5 Å². The molecule has 2 amide bonds. The van der Waals surface area contributed by atoms with Gasteiger partial charge in [0.25, 0.3) is 5.56 Å². The molecule has 1 aliphatic heterocycles. The lowest BCUT2D eigenvalue weighted by Gasteiger charge is -2.31. The molecule has 0 spiro atoms. The fourth-order valence-electron chi connectivity index (χ4n) is 3.77. The molecule has 0 aliphatic carbocycles. The van der Waals surface area contributed by atoms with E-state index in [1.165, 1.54) is 23.7 Å². The molecule has 0 bridgehead atoms. The fraction of sp³-hybridized carbons (Fsp3) is 0.409. The number of aromatic nitrogens is 3. The number of nitrogens with one attached hydrogen (secondary N) is 2. The normalized spacial score (nSPS) is 16.0. The first-order chi connectivity index (χ1) is 16.4. The molecule has 1 aliphatic rings. The maximum Gasteiger partial charge on any atom is 0.273 e. The Hall–Kier alpha value is -3.41. The van der Waals surface area contributed by atoms with Gasteiger partial charge in [0.1, 0.15) is 17.6 Å². The number of nitrogens with zero attached hydrogens (tertiary/aromatic N) is 4. The number of fused-ring (bicyclic) bond motifs is 1. The minimum absolute atomic E-state index is 0.0280. The van der Waals surface area contributed by atoms with Gasteiger partial charge in [-0.05, 0) is 31.4 Å². The first-order valence-electron chi connectivity index (χ1n) is 11.0. The fourth-order valence-corrected chi connectivity index (χ4v) is 4.77. The van der Waals surface area contributed by atoms with Crippen molar-refractivity contribution in [3.8, 4) is 0 Å². The van der Waals surface area contributed by atoms with E-state index >= 15 is 0 Å². The third-order valence-electron chi connectivity index (χ3n) is 5.50. The van der Waals surface area contributed by atoms with Crippen molar-refractivity contribution in [3.63, 3.8) is 0 Å². The summed E-state index contributed by atoms with van der Waals surface area (Å²) in [7, 11) is 0. The van der Waals surface area contributed by atoms with Crippen molar-refractivity contribution in [1.82, 2.24) is 19.9 Å². The standard InChI is InChI=1S/C22H24F2N6O3S/c1-2-7-25-20(32)13-4-3-8-29(10-13)22-28-19-18(34-22)21(33)30(12-26-19)11-17(31)27-14-5-6-15(23)16(24)9-14/h5-6,9,12-13H,2-4,7-8,10-11H2,1H3,(H,25,32)(H,27,31)/t13-/m1/s1. The molecule has 12 heteroatoms. The highest BCUT2D eigenvalue weighted by Gasteiger charge is 2.27. The van der Waals surface area contributed by atoms with Crippen LogP contribution in [0.5, 0.6) is 0 Å². The second-order valence-corrected chi connectivity index (χ2v) is 9.06. The lowest BCUT2D eigenvalue weighted by Crippen LogP contribution is -2.43. The number of piperidine rings is 1. The van der Waals surface area contributed by atoms with Gasteiger partial charge < -0.3 is 15.5 Å². The second-order valence-electron chi connectivity index (χ2n) is 8.08. The van der Waals surface area contributed by atoms with Crippen LogP contribution in [-0.4, -0.2) is 46.0 Å². The largest absolute Gasteiger partial charge is 0.356 e. The van der Waals surface area contributed by atoms with E-state index in [2.05, 4.69) is 20.6 Å². The van der Waals surface area contributed by atoms with Crippen LogP contribution in [0.3, 0.4) is 0 Å². The number of benzene rings is 1. The zero-order valence-corrected chi connectivity index (χ0v) is 19.3. The third kappa shape index (κ3) is 5.22. The Kier molecular flexibility index (Phi) is 7.15. The van der Waals surface area contributed by atoms with Gasteiger partial charge in [-0.3, -0.25) is 19.0 Å². The summed E-state index contributed by atoms with van der Waals surface area (Å²) in [4.78, 5) is 48.3. The maximum absolute atomic E-state index is 13.4. The van der Waals surface area contributed by atoms with Gasteiger partial charge in [-0.25, -0.2) is 13.8 Å². The van der Waals surface area contributed by atoms with Crippen LogP contribution >= 0.6 is 11.3 Å². The molecule has 3 heterocycles. The summed E-state index contributed by atoms with van der Waals surface area (Å²) < 4.78 is 27.8. The first kappa shape index (κ1) is 23.7. The number of carbonyl (C=O) groups excluding carboxylic acids is 2. The van der Waals surface area contributed by atoms with E-state index in [0.717, 1.165) is 42.5 Å². The second kappa shape index (κ2) is 10.2. The van der Waals surface area contributed by atoms with E-state index in [1.807, 2.05) is 11.8 Å². The van der Waals surface area contributed by atoms with Crippen LogP contribution in [0.1, 0.15) is 26.2 Å². The van der Waals surface area contributed by atoms with Crippen molar-refractivity contribution in [1.29, 1.82) is 0 Å². The van der Waals surface area contributed by atoms with Gasteiger partial charge in [0.05, 0.1) is 5.92 Å². The smallest absolute Gasteiger partial charge is 0.273 e. The molecule has 180 valence electrons. The number of carbonyl (C=O) groups is 2. The minimum atomic E-state index is -1.09. The van der Waals surface area contributed by atoms with E-state index in [9.17, 15) is 23.2 Å². The first-order valence-corrected chi connectivity index (χ1v) is 11.8. The molecule has 0 radical (unpaired) electrons. The summed E-state index contributed by atoms with van der Waals surface area (Å²) >= 11 is 1.18. The summed E-state index contributed by atoms with van der Waals surface area (Å²) in [5.41, 5.74) is -0.0723. The molecule has 9 nitrogen and oxygen atoms in total. The number of rotatable bonds is 7. The Morgan fingerprint density at radius 2 is 2.09 bits per heavy atom. The Bertz CT molecular complexity index is 1280. The van der Waals surface area contributed by atoms with Crippen LogP contribution in [0.4, 0.5) is 19.6 Å². The number of thiazole rings is 1. The Balaban J connectivity index is 1.48. The molecule has 1 saturated heterocycles. The average Bonchev–Trinajstić information content (AvgIpc) is 3.27. The van der Waals surface area contributed by atoms with Gasteiger partial charge in [0.2, 0.25) is 11.8 Å². The average molecular weight is 491 g/mol. The van der Waals surface area contributed by atoms with Crippen LogP contribution in [0.25, 0.3) is 10.3 Å². The minimum Gasteiger partial charge on any atom is -0.356 e. The summed E-state index contributed by atoms with van der Waals surface area (Å²) in [6, 6.07) is 2.99. The molecule has 0 saturated carbocycles. The molecule has 1 atom stereocenters. The molecule has 4 rings (SSSR count). The van der Waals surface area contributed by atoms with Gasteiger partial charge in [-0.2, -0.15) is 4.98 Å². The van der Waals surface area contributed by atoms with Crippen molar-refractivity contribution in [2.24, 2.45) is 5.92 Å². The number of hydrogen-bond donors (Lipinski definition) is 2. The summed E-state index contributed by atoms with van der Waals surface area (Å²) in [5.74, 6) is -2.81. The number of anilines is 2. The molecular formula is C22H24F2N6O3S. The molecule has 2 aromatic heterocycles. The Labute approximate surface area is 197 Å². The van der Waals surface area contributed by atoms with Crippen molar-refractivity contribution >= 4 is 44.3 Å². The van der Waals surface area contributed by atoms with Crippen LogP contribution in [0.2, 0.25) is 0 Å². The topological polar surface area (TPSA) is 109 Å². The van der Waals surface area contributed by atoms with Gasteiger partial charge in [0, 0.05) is 31.4 Å². The molecule has 1 fully saturated rings. The van der Waals surface area contributed by atoms with Crippen LogP contribution in [0.15, 0.2) is 29.3 Å². The van der Waals surface area contributed by atoms with Crippen molar-refractivity contribution < 1.29 is 18.4 Å². The summed E-state index contributed by atoms with van der Waals surface area (Å²) in [5, 5.41) is 5.97. The van der Waals surface area contributed by atoms with E-state index in [0.29, 0.717) is 22.9 Å². The summed E-state index contributed by atoms with van der Waals surface area (Å²) in [6.07, 6.45) is 3.74. The molecule has 3 aromatic rings. The third-order valence-corrected chi connectivity index (χ3v) is 6.60. The van der Waals surface area contributed by atoms with Crippen LogP contribution in [-0.2, 0) is 16.1 Å². The highest BCUT2D eigenvalue weighted by molar-refractivity contribution is 7.22. The molecule has 1 aromatic carbocycles. The zero-order valence-electron chi connectivity index (χ0n) is 18.5. The van der Waals surface area contributed by atoms with Crippen molar-refractivity contribution in [2.75, 3.05) is 29.9 Å². The van der Waals surface area contributed by atoms with Crippen molar-refractivity contribution in [2.45, 2.75) is 32.7 Å². The maximum atomic E-state index is 13.4. The van der Waals surface area contributed by atoms with E-state index in [1.54, 1.807) is 0 Å². The van der Waals surface area contributed by atoms with Crippen LogP contribution < -0.4 is 21.1 Å². The van der Waals surface area contributed by atoms with E-state index < -0.39 is 23.1 Å². The molecule has 0 unspecified atom stereocenters. The lowest BCUT2D eigenvalue weighted by molar-refractivity contribution is -0.125. The van der Waals surface area contributed by atoms with Gasteiger partial charge in [0.15, 0.2) is 22.4 Å².